The lowest BCUT2D eigenvalue weighted by atomic mass is 10.1. The SMILES string of the molecule is CCCCCCc1ccc(-n2c(-c3cccs3)ccc2-c2ccc(/C=C/c3ccnc(-c4cc(/C=C/c5ccc(-c6ccc(-c7cccs7)n6-c6ccc(CCCCCC)cc6)s5)ccn4)c3)s2)cc1. The first-order valence-corrected chi connectivity index (χ1v) is 28.2. The molecule has 70 heavy (non-hydrogen) atoms. The topological polar surface area (TPSA) is 35.6 Å². The number of nitrogens with zero attached hydrogens (tertiary/aromatic N) is 4. The summed E-state index contributed by atoms with van der Waals surface area (Å²) >= 11 is 7.20. The number of aryl methyl sites for hydroxylation is 2. The highest BCUT2D eigenvalue weighted by Gasteiger charge is 2.18. The van der Waals surface area contributed by atoms with Crippen molar-refractivity contribution in [1.82, 2.24) is 19.1 Å². The molecule has 10 rings (SSSR count). The van der Waals surface area contributed by atoms with Crippen molar-refractivity contribution < 1.29 is 0 Å². The first-order chi connectivity index (χ1) is 34.6. The van der Waals surface area contributed by atoms with Gasteiger partial charge in [0.05, 0.1) is 53.7 Å². The Kier molecular flexibility index (Phi) is 15.5. The van der Waals surface area contributed by atoms with Crippen molar-refractivity contribution in [3.05, 3.63) is 201 Å². The molecule has 0 N–H and O–H groups in total. The summed E-state index contributed by atoms with van der Waals surface area (Å²) in [5.41, 5.74) is 13.9. The van der Waals surface area contributed by atoms with E-state index in [1.54, 1.807) is 22.7 Å². The molecule has 4 nitrogen and oxygen atoms in total. The van der Waals surface area contributed by atoms with Crippen LogP contribution in [0.3, 0.4) is 0 Å². The molecular weight excluding hydrogens is 929 g/mol. The summed E-state index contributed by atoms with van der Waals surface area (Å²) in [5.74, 6) is 0. The molecule has 2 aromatic carbocycles. The molecule has 350 valence electrons. The van der Waals surface area contributed by atoms with Gasteiger partial charge in [0.2, 0.25) is 0 Å². The largest absolute Gasteiger partial charge is 0.308 e. The van der Waals surface area contributed by atoms with Crippen LogP contribution in [0.2, 0.25) is 0 Å². The number of rotatable bonds is 21. The zero-order valence-corrected chi connectivity index (χ0v) is 43.2. The van der Waals surface area contributed by atoms with Crippen LogP contribution in [0.1, 0.15) is 97.2 Å². The van der Waals surface area contributed by atoms with Crippen molar-refractivity contribution in [2.24, 2.45) is 0 Å². The number of aromatic nitrogens is 4. The molecule has 0 aliphatic rings. The molecule has 0 spiro atoms. The summed E-state index contributed by atoms with van der Waals surface area (Å²) in [4.78, 5) is 16.9. The molecule has 0 radical (unpaired) electrons. The van der Waals surface area contributed by atoms with Crippen LogP contribution < -0.4 is 0 Å². The van der Waals surface area contributed by atoms with E-state index in [-0.39, 0.29) is 0 Å². The minimum atomic E-state index is 0.848. The first-order valence-electron chi connectivity index (χ1n) is 24.8. The van der Waals surface area contributed by atoms with Crippen molar-refractivity contribution in [2.75, 3.05) is 0 Å². The van der Waals surface area contributed by atoms with Gasteiger partial charge in [-0.2, -0.15) is 0 Å². The smallest absolute Gasteiger partial charge is 0.0892 e. The quantitative estimate of drug-likeness (QED) is 0.0673. The second-order valence-electron chi connectivity index (χ2n) is 17.8. The molecule has 8 heterocycles. The first kappa shape index (κ1) is 47.3. The number of hydrogen-bond acceptors (Lipinski definition) is 6. The van der Waals surface area contributed by atoms with Crippen molar-refractivity contribution in [2.45, 2.75) is 78.1 Å². The minimum Gasteiger partial charge on any atom is -0.308 e. The minimum absolute atomic E-state index is 0.848. The lowest BCUT2D eigenvalue weighted by Gasteiger charge is -2.13. The highest BCUT2D eigenvalue weighted by molar-refractivity contribution is 7.16. The van der Waals surface area contributed by atoms with E-state index < -0.39 is 0 Å². The molecular formula is C62H58N4S4. The van der Waals surface area contributed by atoms with Gasteiger partial charge in [-0.05, 0) is 180 Å². The van der Waals surface area contributed by atoms with Gasteiger partial charge in [0.1, 0.15) is 0 Å². The Morgan fingerprint density at radius 1 is 0.414 bits per heavy atom. The number of unbranched alkanes of at least 4 members (excludes halogenated alkanes) is 6. The van der Waals surface area contributed by atoms with Gasteiger partial charge in [-0.3, -0.25) is 9.97 Å². The third kappa shape index (κ3) is 11.3. The fourth-order valence-corrected chi connectivity index (χ4v) is 12.4. The summed E-state index contributed by atoms with van der Waals surface area (Å²) in [6.45, 7) is 4.54. The Labute approximate surface area is 429 Å². The fourth-order valence-electron chi connectivity index (χ4n) is 9.08. The Balaban J connectivity index is 0.833. The Bertz CT molecular complexity index is 3060. The summed E-state index contributed by atoms with van der Waals surface area (Å²) < 4.78 is 4.85. The zero-order chi connectivity index (χ0) is 47.5. The lowest BCUT2D eigenvalue weighted by Crippen LogP contribution is -1.98. The maximum Gasteiger partial charge on any atom is 0.0892 e. The van der Waals surface area contributed by atoms with E-state index in [1.165, 1.54) is 126 Å². The van der Waals surface area contributed by atoms with E-state index in [0.717, 1.165) is 35.4 Å². The van der Waals surface area contributed by atoms with Gasteiger partial charge in [0.15, 0.2) is 0 Å². The van der Waals surface area contributed by atoms with E-state index in [9.17, 15) is 0 Å². The molecule has 0 atom stereocenters. The summed E-state index contributed by atoms with van der Waals surface area (Å²) in [7, 11) is 0. The molecule has 10 aromatic rings. The van der Waals surface area contributed by atoms with E-state index in [1.807, 2.05) is 35.1 Å². The van der Waals surface area contributed by atoms with E-state index >= 15 is 0 Å². The average molecular weight is 987 g/mol. The number of hydrogen-bond donors (Lipinski definition) is 0. The van der Waals surface area contributed by atoms with Crippen LogP contribution in [-0.2, 0) is 12.8 Å². The average Bonchev–Trinajstić information content (AvgIpc) is 4.27. The number of thiophene rings is 4. The molecule has 0 aliphatic heterocycles. The molecule has 8 aromatic heterocycles. The van der Waals surface area contributed by atoms with Crippen LogP contribution >= 0.6 is 45.3 Å². The van der Waals surface area contributed by atoms with Crippen molar-refractivity contribution in [1.29, 1.82) is 0 Å². The monoisotopic (exact) mass is 986 g/mol. The van der Waals surface area contributed by atoms with E-state index in [2.05, 4.69) is 204 Å². The molecule has 0 saturated carbocycles. The van der Waals surface area contributed by atoms with Crippen molar-refractivity contribution in [3.63, 3.8) is 0 Å². The predicted octanol–water partition coefficient (Wildman–Crippen LogP) is 19.2. The van der Waals surface area contributed by atoms with Crippen molar-refractivity contribution >= 4 is 69.7 Å². The van der Waals surface area contributed by atoms with Crippen molar-refractivity contribution in [3.8, 4) is 65.0 Å². The maximum atomic E-state index is 4.75. The zero-order valence-electron chi connectivity index (χ0n) is 40.0. The van der Waals surface area contributed by atoms with Gasteiger partial charge < -0.3 is 9.13 Å². The number of pyridine rings is 2. The molecule has 0 fully saturated rings. The highest BCUT2D eigenvalue weighted by Crippen LogP contribution is 2.40. The predicted molar refractivity (Wildman–Crippen MR) is 306 cm³/mol. The van der Waals surface area contributed by atoms with Crippen LogP contribution in [0.15, 0.2) is 169 Å². The van der Waals surface area contributed by atoms with Gasteiger partial charge in [-0.1, -0.05) is 101 Å². The summed E-state index contributed by atoms with van der Waals surface area (Å²) in [6.07, 6.45) is 25.1. The Hall–Kier alpha value is -6.42. The van der Waals surface area contributed by atoms with Crippen LogP contribution in [0.4, 0.5) is 0 Å². The van der Waals surface area contributed by atoms with E-state index in [0.29, 0.717) is 0 Å². The van der Waals surface area contributed by atoms with Gasteiger partial charge in [0.25, 0.3) is 0 Å². The highest BCUT2D eigenvalue weighted by atomic mass is 32.1. The van der Waals surface area contributed by atoms with Crippen LogP contribution in [0.25, 0.3) is 89.4 Å². The van der Waals surface area contributed by atoms with E-state index in [4.69, 9.17) is 9.97 Å². The summed E-state index contributed by atoms with van der Waals surface area (Å²) in [5, 5.41) is 4.32. The number of benzene rings is 2. The van der Waals surface area contributed by atoms with Crippen LogP contribution in [0, 0.1) is 0 Å². The van der Waals surface area contributed by atoms with Crippen LogP contribution in [-0.4, -0.2) is 19.1 Å². The molecule has 0 amide bonds. The Morgan fingerprint density at radius 3 is 1.24 bits per heavy atom. The lowest BCUT2D eigenvalue weighted by molar-refractivity contribution is 0.667. The second-order valence-corrected chi connectivity index (χ2v) is 21.9. The molecule has 8 heteroatoms. The maximum absolute atomic E-state index is 4.75. The molecule has 0 aliphatic carbocycles. The molecule has 0 unspecified atom stereocenters. The normalized spacial score (nSPS) is 11.7. The van der Waals surface area contributed by atoms with Gasteiger partial charge in [-0.15, -0.1) is 45.3 Å². The van der Waals surface area contributed by atoms with Gasteiger partial charge >= 0.3 is 0 Å². The van der Waals surface area contributed by atoms with Gasteiger partial charge in [-0.25, -0.2) is 0 Å². The summed E-state index contributed by atoms with van der Waals surface area (Å²) in [6, 6.07) is 53.5. The third-order valence-electron chi connectivity index (χ3n) is 12.8. The van der Waals surface area contributed by atoms with Crippen LogP contribution in [0.5, 0.6) is 0 Å². The fraction of sp³-hybridized carbons (Fsp3) is 0.194. The third-order valence-corrected chi connectivity index (χ3v) is 16.7. The van der Waals surface area contributed by atoms with Gasteiger partial charge in [0, 0.05) is 33.5 Å². The molecule has 0 saturated heterocycles. The standard InChI is InChI=1S/C62H58N4S4/c1-3-5-7-9-13-45-17-23-49(24-18-45)65-55(59-15-11-41-67-59)31-33-57(65)61-35-29-51(69-61)27-21-47-37-39-63-53(43-47)54-44-48(38-40-64-54)22-28-52-30-36-62(70-52)58-34-32-56(60-16-12-42-68-60)66(58)50-25-19-46(20-26-50)14-10-8-6-4-2/h11-12,15-44H,3-10,13-14H2,1-2H3/b27-21+,28-22+. The Morgan fingerprint density at radius 2 is 0.843 bits per heavy atom. The second kappa shape index (κ2) is 23.0. The molecule has 0 bridgehead atoms.